The molecule has 1 atom stereocenters. The molecule has 0 bridgehead atoms. The smallest absolute Gasteiger partial charge is 0.0747 e. The van der Waals surface area contributed by atoms with E-state index >= 15 is 0 Å². The highest BCUT2D eigenvalue weighted by atomic mass is 16.5. The second-order valence-corrected chi connectivity index (χ2v) is 4.24. The van der Waals surface area contributed by atoms with Crippen LogP contribution >= 0.6 is 0 Å². The topological polar surface area (TPSA) is 21.3 Å². The molecule has 1 fully saturated rings. The molecule has 84 valence electrons. The molecule has 1 saturated heterocycles. The molecule has 1 N–H and O–H groups in total. The lowest BCUT2D eigenvalue weighted by molar-refractivity contribution is 0.0247. The molecule has 0 radical (unpaired) electrons. The van der Waals surface area contributed by atoms with E-state index in [0.717, 1.165) is 13.2 Å². The van der Waals surface area contributed by atoms with Gasteiger partial charge in [-0.3, -0.25) is 0 Å². The second kappa shape index (κ2) is 5.17. The summed E-state index contributed by atoms with van der Waals surface area (Å²) in [5, 5.41) is 3.43. The van der Waals surface area contributed by atoms with Crippen molar-refractivity contribution in [3.63, 3.8) is 0 Å². The van der Waals surface area contributed by atoms with Gasteiger partial charge in [-0.15, -0.1) is 0 Å². The predicted molar refractivity (Wildman–Crippen MR) is 65.4 cm³/mol. The van der Waals surface area contributed by atoms with Gasteiger partial charge in [-0.2, -0.15) is 0 Å². The van der Waals surface area contributed by atoms with Crippen molar-refractivity contribution in [1.29, 1.82) is 0 Å². The van der Waals surface area contributed by atoms with Gasteiger partial charge < -0.3 is 10.1 Å². The maximum atomic E-state index is 5.67. The lowest BCUT2D eigenvalue weighted by atomic mass is 10.1. The molecular weight excluding hydrogens is 186 g/mol. The molecule has 15 heavy (non-hydrogen) atoms. The van der Waals surface area contributed by atoms with Gasteiger partial charge in [0.2, 0.25) is 0 Å². The first-order chi connectivity index (χ1) is 7.34. The number of aryl methyl sites for hydroxylation is 1. The molecule has 1 aromatic carbocycles. The number of hydrogen-bond donors (Lipinski definition) is 1. The molecule has 2 rings (SSSR count). The molecule has 0 aliphatic carbocycles. The monoisotopic (exact) mass is 207 g/mol. The molecule has 1 aliphatic rings. The highest BCUT2D eigenvalue weighted by molar-refractivity contribution is 5.45. The molecule has 0 aromatic heterocycles. The summed E-state index contributed by atoms with van der Waals surface area (Å²) in [7, 11) is 0. The Bertz CT molecular complexity index is 311. The van der Waals surface area contributed by atoms with E-state index in [-0.39, 0.29) is 1.43 Å². The number of nitrogens with one attached hydrogen (secondary N) is 1. The number of ether oxygens (including phenoxy) is 1. The van der Waals surface area contributed by atoms with Crippen LogP contribution in [-0.2, 0) is 4.74 Å². The summed E-state index contributed by atoms with van der Waals surface area (Å²) in [4.78, 5) is 0. The van der Waals surface area contributed by atoms with E-state index in [1.807, 2.05) is 0 Å². The largest absolute Gasteiger partial charge is 0.382 e. The van der Waals surface area contributed by atoms with Crippen LogP contribution in [0.2, 0.25) is 0 Å². The molecule has 1 aliphatic heterocycles. The van der Waals surface area contributed by atoms with E-state index in [0.29, 0.717) is 6.10 Å². The quantitative estimate of drug-likeness (QED) is 0.821. The molecule has 2 heteroatoms. The molecule has 1 unspecified atom stereocenters. The molecule has 0 spiro atoms. The Morgan fingerprint density at radius 3 is 3.13 bits per heavy atom. The molecule has 0 saturated carbocycles. The number of rotatable bonds is 3. The minimum absolute atomic E-state index is 0. The average molecular weight is 207 g/mol. The molecule has 1 aromatic rings. The zero-order chi connectivity index (χ0) is 10.5. The maximum absolute atomic E-state index is 5.67. The van der Waals surface area contributed by atoms with Crippen molar-refractivity contribution in [3.05, 3.63) is 29.8 Å². The van der Waals surface area contributed by atoms with Crippen molar-refractivity contribution in [3.8, 4) is 0 Å². The average Bonchev–Trinajstić information content (AvgIpc) is 2.28. The van der Waals surface area contributed by atoms with Crippen molar-refractivity contribution < 1.29 is 6.16 Å². The summed E-state index contributed by atoms with van der Waals surface area (Å²) in [6, 6.07) is 8.47. The fourth-order valence-corrected chi connectivity index (χ4v) is 1.96. The fraction of sp³-hybridized carbons (Fsp3) is 0.538. The van der Waals surface area contributed by atoms with Gasteiger partial charge in [0.1, 0.15) is 0 Å². The summed E-state index contributed by atoms with van der Waals surface area (Å²) in [5.74, 6) is 0. The van der Waals surface area contributed by atoms with Gasteiger partial charge in [0.05, 0.1) is 6.10 Å². The highest BCUT2D eigenvalue weighted by Crippen LogP contribution is 2.14. The van der Waals surface area contributed by atoms with E-state index < -0.39 is 0 Å². The molecule has 2 nitrogen and oxygen atoms in total. The Morgan fingerprint density at radius 1 is 1.47 bits per heavy atom. The molecule has 1 heterocycles. The van der Waals surface area contributed by atoms with Crippen molar-refractivity contribution in [2.75, 3.05) is 18.5 Å². The first-order valence-electron chi connectivity index (χ1n) is 5.77. The van der Waals surface area contributed by atoms with Crippen LogP contribution in [0.5, 0.6) is 0 Å². The third kappa shape index (κ3) is 3.24. The summed E-state index contributed by atoms with van der Waals surface area (Å²) in [5.41, 5.74) is 2.49. The molecule has 0 amide bonds. The number of anilines is 1. The molecular formula is C13H21NO. The maximum Gasteiger partial charge on any atom is 0.0747 e. The van der Waals surface area contributed by atoms with Crippen LogP contribution in [0.1, 0.15) is 26.3 Å². The minimum atomic E-state index is 0. The van der Waals surface area contributed by atoms with Crippen molar-refractivity contribution in [2.24, 2.45) is 0 Å². The van der Waals surface area contributed by atoms with Crippen LogP contribution < -0.4 is 5.32 Å². The van der Waals surface area contributed by atoms with Crippen LogP contribution in [-0.4, -0.2) is 19.3 Å². The first-order valence-corrected chi connectivity index (χ1v) is 5.77. The van der Waals surface area contributed by atoms with E-state index in [1.165, 1.54) is 30.5 Å². The Morgan fingerprint density at radius 2 is 2.40 bits per heavy atom. The Balaban J connectivity index is 0.00000128. The van der Waals surface area contributed by atoms with Crippen LogP contribution in [0.4, 0.5) is 5.69 Å². The summed E-state index contributed by atoms with van der Waals surface area (Å²) < 4.78 is 5.67. The van der Waals surface area contributed by atoms with Crippen LogP contribution in [0.15, 0.2) is 24.3 Å². The zero-order valence-electron chi connectivity index (χ0n) is 9.33. The fourth-order valence-electron chi connectivity index (χ4n) is 1.96. The van der Waals surface area contributed by atoms with Crippen molar-refractivity contribution >= 4 is 5.69 Å². The van der Waals surface area contributed by atoms with Crippen LogP contribution in [0, 0.1) is 6.92 Å². The lowest BCUT2D eigenvalue weighted by Crippen LogP contribution is -2.26. The number of hydrogen-bond acceptors (Lipinski definition) is 2. The summed E-state index contributed by atoms with van der Waals surface area (Å²) >= 11 is 0. The third-order valence-corrected chi connectivity index (χ3v) is 2.83. The van der Waals surface area contributed by atoms with Gasteiger partial charge in [-0.25, -0.2) is 0 Å². The number of benzene rings is 1. The van der Waals surface area contributed by atoms with Gasteiger partial charge in [0.25, 0.3) is 0 Å². The normalized spacial score (nSPS) is 21.3. The van der Waals surface area contributed by atoms with E-state index in [1.54, 1.807) is 0 Å². The minimum Gasteiger partial charge on any atom is -0.382 e. The van der Waals surface area contributed by atoms with Gasteiger partial charge in [0.15, 0.2) is 0 Å². The van der Waals surface area contributed by atoms with E-state index in [9.17, 15) is 0 Å². The standard InChI is InChI=1S/C13H19NO.H2/c1-11-5-4-6-12(9-11)14-10-13-7-2-3-8-15-13;/h4-6,9,13-14H,2-3,7-8,10H2,1H3;1H. The van der Waals surface area contributed by atoms with Crippen molar-refractivity contribution in [2.45, 2.75) is 32.3 Å². The van der Waals surface area contributed by atoms with Gasteiger partial charge in [0, 0.05) is 20.3 Å². The van der Waals surface area contributed by atoms with Gasteiger partial charge in [-0.05, 0) is 43.9 Å². The Kier molecular flexibility index (Phi) is 3.62. The Hall–Kier alpha value is -1.02. The summed E-state index contributed by atoms with van der Waals surface area (Å²) in [6.45, 7) is 3.98. The third-order valence-electron chi connectivity index (χ3n) is 2.83. The predicted octanol–water partition coefficient (Wildman–Crippen LogP) is 3.22. The van der Waals surface area contributed by atoms with Crippen molar-refractivity contribution in [1.82, 2.24) is 0 Å². The highest BCUT2D eigenvalue weighted by Gasteiger charge is 2.12. The second-order valence-electron chi connectivity index (χ2n) is 4.24. The first kappa shape index (κ1) is 10.5. The SMILES string of the molecule is Cc1cccc(NCC2CCCCO2)c1.[HH]. The van der Waals surface area contributed by atoms with Crippen LogP contribution in [0.3, 0.4) is 0 Å². The Labute approximate surface area is 93.1 Å². The lowest BCUT2D eigenvalue weighted by Gasteiger charge is -2.23. The van der Waals surface area contributed by atoms with Gasteiger partial charge >= 0.3 is 0 Å². The van der Waals surface area contributed by atoms with E-state index in [2.05, 4.69) is 36.5 Å². The zero-order valence-corrected chi connectivity index (χ0v) is 9.33. The summed E-state index contributed by atoms with van der Waals surface area (Å²) in [6.07, 6.45) is 4.12. The van der Waals surface area contributed by atoms with Gasteiger partial charge in [-0.1, -0.05) is 12.1 Å². The van der Waals surface area contributed by atoms with E-state index in [4.69, 9.17) is 4.74 Å². The van der Waals surface area contributed by atoms with Crippen LogP contribution in [0.25, 0.3) is 0 Å².